The predicted octanol–water partition coefficient (Wildman–Crippen LogP) is 5.01. The Balaban J connectivity index is 2.09. The van der Waals surface area contributed by atoms with Gasteiger partial charge in [0.05, 0.1) is 9.50 Å². The van der Waals surface area contributed by atoms with Gasteiger partial charge in [-0.05, 0) is 55.6 Å². The van der Waals surface area contributed by atoms with Gasteiger partial charge in [0.15, 0.2) is 0 Å². The van der Waals surface area contributed by atoms with Crippen molar-refractivity contribution in [2.75, 3.05) is 5.32 Å². The zero-order valence-corrected chi connectivity index (χ0v) is 13.0. The number of pyridine rings is 1. The van der Waals surface area contributed by atoms with Crippen molar-refractivity contribution in [2.24, 2.45) is 0 Å². The highest BCUT2D eigenvalue weighted by atomic mass is 79.9. The zero-order chi connectivity index (χ0) is 13.1. The van der Waals surface area contributed by atoms with Crippen LogP contribution in [0.15, 0.2) is 39.4 Å². The largest absolute Gasteiger partial charge is 0.365 e. The average molecular weight is 394 g/mol. The summed E-state index contributed by atoms with van der Waals surface area (Å²) in [6.07, 6.45) is 1.70. The Labute approximate surface area is 126 Å². The number of halogens is 4. The van der Waals surface area contributed by atoms with Crippen molar-refractivity contribution in [3.05, 3.63) is 55.8 Å². The van der Waals surface area contributed by atoms with E-state index in [2.05, 4.69) is 42.2 Å². The summed E-state index contributed by atoms with van der Waals surface area (Å²) in [6.45, 7) is 0.521. The molecule has 2 aromatic rings. The van der Waals surface area contributed by atoms with E-state index >= 15 is 0 Å². The summed E-state index contributed by atoms with van der Waals surface area (Å²) >= 11 is 12.4. The van der Waals surface area contributed by atoms with Gasteiger partial charge in [-0.25, -0.2) is 9.37 Å². The summed E-state index contributed by atoms with van der Waals surface area (Å²) in [5.41, 5.74) is 0.887. The average Bonchev–Trinajstić information content (AvgIpc) is 2.32. The number of aromatic nitrogens is 1. The molecule has 0 aliphatic rings. The van der Waals surface area contributed by atoms with Crippen LogP contribution in [0.1, 0.15) is 5.56 Å². The highest BCUT2D eigenvalue weighted by molar-refractivity contribution is 9.11. The van der Waals surface area contributed by atoms with Gasteiger partial charge in [-0.2, -0.15) is 0 Å². The van der Waals surface area contributed by atoms with Crippen molar-refractivity contribution < 1.29 is 4.39 Å². The van der Waals surface area contributed by atoms with Gasteiger partial charge in [0.2, 0.25) is 0 Å². The second-order valence-corrected chi connectivity index (χ2v) is 5.76. The Morgan fingerprint density at radius 1 is 1.28 bits per heavy atom. The number of hydrogen-bond donors (Lipinski definition) is 1. The van der Waals surface area contributed by atoms with Crippen molar-refractivity contribution in [2.45, 2.75) is 6.54 Å². The molecule has 0 fully saturated rings. The van der Waals surface area contributed by atoms with E-state index in [4.69, 9.17) is 11.6 Å². The van der Waals surface area contributed by atoms with Crippen LogP contribution in [0.5, 0.6) is 0 Å². The molecule has 6 heteroatoms. The Morgan fingerprint density at radius 3 is 2.72 bits per heavy atom. The third-order valence-electron chi connectivity index (χ3n) is 2.25. The summed E-state index contributed by atoms with van der Waals surface area (Å²) in [5.74, 6) is 0.307. The maximum Gasteiger partial charge on any atom is 0.141 e. The molecule has 0 saturated heterocycles. The fraction of sp³-hybridized carbons (Fsp3) is 0.0833. The summed E-state index contributed by atoms with van der Waals surface area (Å²) in [4.78, 5) is 4.22. The van der Waals surface area contributed by atoms with E-state index in [0.29, 0.717) is 6.54 Å². The molecule has 0 aliphatic heterocycles. The van der Waals surface area contributed by atoms with Gasteiger partial charge in [0.1, 0.15) is 11.6 Å². The van der Waals surface area contributed by atoms with Gasteiger partial charge in [0.25, 0.3) is 0 Å². The van der Waals surface area contributed by atoms with Crippen molar-refractivity contribution in [3.8, 4) is 0 Å². The van der Waals surface area contributed by atoms with Crippen LogP contribution in [0.3, 0.4) is 0 Å². The molecule has 2 rings (SSSR count). The second kappa shape index (κ2) is 5.99. The molecule has 1 aromatic heterocycles. The highest BCUT2D eigenvalue weighted by Gasteiger charge is 2.04. The fourth-order valence-electron chi connectivity index (χ4n) is 1.38. The number of nitrogens with zero attached hydrogens (tertiary/aromatic N) is 1. The lowest BCUT2D eigenvalue weighted by Crippen LogP contribution is -2.02. The summed E-state index contributed by atoms with van der Waals surface area (Å²) < 4.78 is 14.7. The lowest BCUT2D eigenvalue weighted by Gasteiger charge is -2.08. The minimum Gasteiger partial charge on any atom is -0.365 e. The molecule has 0 aliphatic carbocycles. The molecule has 1 aromatic carbocycles. The molecule has 0 amide bonds. The normalized spacial score (nSPS) is 10.4. The number of anilines is 1. The SMILES string of the molecule is Fc1ccc(CNc2ncc(Br)cc2Br)cc1Cl. The van der Waals surface area contributed by atoms with Crippen LogP contribution in [-0.2, 0) is 6.54 Å². The van der Waals surface area contributed by atoms with Crippen LogP contribution in [0.4, 0.5) is 10.2 Å². The van der Waals surface area contributed by atoms with Gasteiger partial charge in [0, 0.05) is 17.2 Å². The first-order chi connectivity index (χ1) is 8.56. The van der Waals surface area contributed by atoms with E-state index in [1.807, 2.05) is 6.07 Å². The molecule has 1 N–H and O–H groups in total. The second-order valence-electron chi connectivity index (χ2n) is 3.59. The first-order valence-electron chi connectivity index (χ1n) is 5.05. The number of benzene rings is 1. The quantitative estimate of drug-likeness (QED) is 0.792. The standard InChI is InChI=1S/C12H8Br2ClFN2/c13-8-4-9(14)12(18-6-8)17-5-7-1-2-11(16)10(15)3-7/h1-4,6H,5H2,(H,17,18). The first kappa shape index (κ1) is 13.8. The summed E-state index contributed by atoms with van der Waals surface area (Å²) in [6, 6.07) is 6.52. The molecule has 94 valence electrons. The molecule has 0 bridgehead atoms. The lowest BCUT2D eigenvalue weighted by atomic mass is 10.2. The van der Waals surface area contributed by atoms with Crippen molar-refractivity contribution in [3.63, 3.8) is 0 Å². The minimum absolute atomic E-state index is 0.122. The van der Waals surface area contributed by atoms with Crippen LogP contribution in [0, 0.1) is 5.82 Å². The van der Waals surface area contributed by atoms with Gasteiger partial charge < -0.3 is 5.32 Å². The maximum absolute atomic E-state index is 13.0. The molecule has 0 spiro atoms. The summed E-state index contributed by atoms with van der Waals surface area (Å²) in [5, 5.41) is 3.27. The monoisotopic (exact) mass is 392 g/mol. The first-order valence-corrected chi connectivity index (χ1v) is 7.01. The number of hydrogen-bond acceptors (Lipinski definition) is 2. The molecular weight excluding hydrogens is 386 g/mol. The molecule has 18 heavy (non-hydrogen) atoms. The van der Waals surface area contributed by atoms with E-state index in [9.17, 15) is 4.39 Å². The van der Waals surface area contributed by atoms with E-state index < -0.39 is 5.82 Å². The molecule has 0 atom stereocenters. The molecule has 2 nitrogen and oxygen atoms in total. The molecule has 1 heterocycles. The van der Waals surface area contributed by atoms with Crippen LogP contribution >= 0.6 is 43.5 Å². The fourth-order valence-corrected chi connectivity index (χ4v) is 2.71. The predicted molar refractivity (Wildman–Crippen MR) is 78.4 cm³/mol. The third kappa shape index (κ3) is 3.43. The lowest BCUT2D eigenvalue weighted by molar-refractivity contribution is 0.627. The van der Waals surface area contributed by atoms with Crippen LogP contribution in [0.2, 0.25) is 5.02 Å². The van der Waals surface area contributed by atoms with Gasteiger partial charge >= 0.3 is 0 Å². The van der Waals surface area contributed by atoms with Crippen LogP contribution in [0.25, 0.3) is 0 Å². The third-order valence-corrected chi connectivity index (χ3v) is 3.58. The maximum atomic E-state index is 13.0. The number of rotatable bonds is 3. The summed E-state index contributed by atoms with van der Waals surface area (Å²) in [7, 11) is 0. The van der Waals surface area contributed by atoms with E-state index in [0.717, 1.165) is 20.3 Å². The van der Waals surface area contributed by atoms with Crippen LogP contribution < -0.4 is 5.32 Å². The highest BCUT2D eigenvalue weighted by Crippen LogP contribution is 2.24. The van der Waals surface area contributed by atoms with E-state index in [1.165, 1.54) is 6.07 Å². The molecule has 0 radical (unpaired) electrons. The van der Waals surface area contributed by atoms with Gasteiger partial charge in [-0.15, -0.1) is 0 Å². The zero-order valence-electron chi connectivity index (χ0n) is 9.05. The van der Waals surface area contributed by atoms with Crippen molar-refractivity contribution in [1.82, 2.24) is 4.98 Å². The van der Waals surface area contributed by atoms with Gasteiger partial charge in [-0.1, -0.05) is 17.7 Å². The van der Waals surface area contributed by atoms with Crippen molar-refractivity contribution >= 4 is 49.3 Å². The Bertz CT molecular complexity index is 578. The molecule has 0 saturated carbocycles. The van der Waals surface area contributed by atoms with E-state index in [-0.39, 0.29) is 5.02 Å². The topological polar surface area (TPSA) is 24.9 Å². The van der Waals surface area contributed by atoms with E-state index in [1.54, 1.807) is 18.3 Å². The Morgan fingerprint density at radius 2 is 2.06 bits per heavy atom. The Kier molecular flexibility index (Phi) is 4.59. The molecular formula is C12H8Br2ClFN2. The minimum atomic E-state index is -0.414. The van der Waals surface area contributed by atoms with Crippen molar-refractivity contribution in [1.29, 1.82) is 0 Å². The van der Waals surface area contributed by atoms with Gasteiger partial charge in [-0.3, -0.25) is 0 Å². The molecule has 0 unspecified atom stereocenters. The smallest absolute Gasteiger partial charge is 0.141 e. The Hall–Kier alpha value is -0.650. The number of nitrogens with one attached hydrogen (secondary N) is 1. The van der Waals surface area contributed by atoms with Crippen LogP contribution in [-0.4, -0.2) is 4.98 Å².